The van der Waals surface area contributed by atoms with Gasteiger partial charge in [0.1, 0.15) is 0 Å². The molecule has 0 aliphatic heterocycles. The highest BCUT2D eigenvalue weighted by atomic mass is 16.5. The van der Waals surface area contributed by atoms with Gasteiger partial charge in [-0.15, -0.1) is 0 Å². The van der Waals surface area contributed by atoms with Gasteiger partial charge in [0.05, 0.1) is 18.4 Å². The number of amides is 1. The number of carbonyl (C=O) groups excluding carboxylic acids is 1. The Kier molecular flexibility index (Phi) is 3.80. The van der Waals surface area contributed by atoms with E-state index in [2.05, 4.69) is 10.4 Å². The minimum Gasteiger partial charge on any atom is -0.481 e. The van der Waals surface area contributed by atoms with Crippen molar-refractivity contribution in [2.45, 2.75) is 34.2 Å². The summed E-state index contributed by atoms with van der Waals surface area (Å²) in [6.45, 7) is 8.00. The highest BCUT2D eigenvalue weighted by Gasteiger charge is 2.22. The number of aryl methyl sites for hydroxylation is 2. The second-order valence-electron chi connectivity index (χ2n) is 5.13. The van der Waals surface area contributed by atoms with Gasteiger partial charge in [-0.3, -0.25) is 4.79 Å². The van der Waals surface area contributed by atoms with E-state index in [1.165, 1.54) is 0 Å². The number of hydrogen-bond acceptors (Lipinski definition) is 3. The summed E-state index contributed by atoms with van der Waals surface area (Å²) in [5.41, 5.74) is 1.41. The maximum absolute atomic E-state index is 11.8. The first-order valence-electron chi connectivity index (χ1n) is 5.62. The monoisotopic (exact) mass is 239 g/mol. The van der Waals surface area contributed by atoms with E-state index in [9.17, 15) is 4.79 Å². The molecule has 1 aromatic rings. The molecule has 0 aliphatic rings. The summed E-state index contributed by atoms with van der Waals surface area (Å²) in [7, 11) is 3.42. The highest BCUT2D eigenvalue weighted by molar-refractivity contribution is 5.81. The van der Waals surface area contributed by atoms with Gasteiger partial charge in [0.25, 0.3) is 0 Å². The Balaban J connectivity index is 2.80. The Morgan fingerprint density at radius 2 is 2.06 bits per heavy atom. The molecule has 0 saturated heterocycles. The van der Waals surface area contributed by atoms with Crippen LogP contribution in [0.25, 0.3) is 0 Å². The Bertz CT molecular complexity index is 416. The van der Waals surface area contributed by atoms with Gasteiger partial charge in [-0.05, 0) is 6.92 Å². The molecule has 1 rings (SSSR count). The topological polar surface area (TPSA) is 56.1 Å². The van der Waals surface area contributed by atoms with Gasteiger partial charge < -0.3 is 10.1 Å². The quantitative estimate of drug-likeness (QED) is 0.867. The maximum Gasteiger partial charge on any atom is 0.225 e. The summed E-state index contributed by atoms with van der Waals surface area (Å²) in [5.74, 6) is 0.708. The first-order chi connectivity index (χ1) is 7.77. The van der Waals surface area contributed by atoms with Crippen molar-refractivity contribution in [2.24, 2.45) is 12.5 Å². The van der Waals surface area contributed by atoms with Crippen LogP contribution in [-0.2, 0) is 18.4 Å². The van der Waals surface area contributed by atoms with E-state index in [-0.39, 0.29) is 11.3 Å². The van der Waals surface area contributed by atoms with E-state index in [4.69, 9.17) is 4.74 Å². The molecule has 1 heterocycles. The van der Waals surface area contributed by atoms with Crippen LogP contribution in [0.5, 0.6) is 5.88 Å². The van der Waals surface area contributed by atoms with Crippen molar-refractivity contribution in [3.63, 3.8) is 0 Å². The molecule has 96 valence electrons. The van der Waals surface area contributed by atoms with Crippen LogP contribution in [0.2, 0.25) is 0 Å². The Hall–Kier alpha value is -1.52. The van der Waals surface area contributed by atoms with Crippen LogP contribution in [0.4, 0.5) is 0 Å². The summed E-state index contributed by atoms with van der Waals surface area (Å²) >= 11 is 0. The number of ether oxygens (including phenoxy) is 1. The Morgan fingerprint density at radius 1 is 1.47 bits per heavy atom. The fourth-order valence-corrected chi connectivity index (χ4v) is 1.57. The molecule has 1 aromatic heterocycles. The molecule has 0 bridgehead atoms. The third-order valence-corrected chi connectivity index (χ3v) is 2.59. The minimum atomic E-state index is -0.386. The average molecular weight is 239 g/mol. The Morgan fingerprint density at radius 3 is 2.53 bits per heavy atom. The van der Waals surface area contributed by atoms with Gasteiger partial charge in [-0.2, -0.15) is 5.10 Å². The second kappa shape index (κ2) is 4.77. The summed E-state index contributed by atoms with van der Waals surface area (Å²) in [6.07, 6.45) is 0. The van der Waals surface area contributed by atoms with Gasteiger partial charge in [-0.1, -0.05) is 20.8 Å². The van der Waals surface area contributed by atoms with Gasteiger partial charge >= 0.3 is 0 Å². The highest BCUT2D eigenvalue weighted by Crippen LogP contribution is 2.21. The van der Waals surface area contributed by atoms with E-state index < -0.39 is 0 Å². The predicted octanol–water partition coefficient (Wildman–Crippen LogP) is 1.40. The van der Waals surface area contributed by atoms with Crippen molar-refractivity contribution in [3.8, 4) is 5.88 Å². The van der Waals surface area contributed by atoms with Crippen LogP contribution in [0, 0.1) is 12.3 Å². The third kappa shape index (κ3) is 2.99. The molecule has 0 aromatic carbocycles. The number of rotatable bonds is 3. The van der Waals surface area contributed by atoms with Gasteiger partial charge in [-0.25, -0.2) is 4.68 Å². The fourth-order valence-electron chi connectivity index (χ4n) is 1.57. The molecule has 1 N–H and O–H groups in total. The summed E-state index contributed by atoms with van der Waals surface area (Å²) in [6, 6.07) is 0. The number of aromatic nitrogens is 2. The number of methoxy groups -OCH3 is 1. The maximum atomic E-state index is 11.8. The van der Waals surface area contributed by atoms with Crippen molar-refractivity contribution in [1.29, 1.82) is 0 Å². The molecule has 0 aliphatic carbocycles. The van der Waals surface area contributed by atoms with E-state index >= 15 is 0 Å². The van der Waals surface area contributed by atoms with Crippen LogP contribution in [0.15, 0.2) is 0 Å². The number of nitrogens with one attached hydrogen (secondary N) is 1. The van der Waals surface area contributed by atoms with Crippen LogP contribution < -0.4 is 10.1 Å². The van der Waals surface area contributed by atoms with Crippen LogP contribution >= 0.6 is 0 Å². The molecular formula is C12H21N3O2. The molecular weight excluding hydrogens is 218 g/mol. The largest absolute Gasteiger partial charge is 0.481 e. The zero-order valence-electron chi connectivity index (χ0n) is 11.4. The van der Waals surface area contributed by atoms with Crippen LogP contribution in [0.1, 0.15) is 32.0 Å². The molecule has 0 saturated carbocycles. The summed E-state index contributed by atoms with van der Waals surface area (Å²) < 4.78 is 6.94. The van der Waals surface area contributed by atoms with Crippen molar-refractivity contribution >= 4 is 5.91 Å². The first kappa shape index (κ1) is 13.5. The first-order valence-corrected chi connectivity index (χ1v) is 5.62. The molecule has 1 amide bonds. The third-order valence-electron chi connectivity index (χ3n) is 2.59. The van der Waals surface area contributed by atoms with Gasteiger partial charge in [0, 0.05) is 19.0 Å². The van der Waals surface area contributed by atoms with Crippen molar-refractivity contribution in [3.05, 3.63) is 11.3 Å². The normalized spacial score (nSPS) is 11.4. The number of carbonyl (C=O) groups is 1. The lowest BCUT2D eigenvalue weighted by molar-refractivity contribution is -0.128. The molecule has 5 nitrogen and oxygen atoms in total. The van der Waals surface area contributed by atoms with Crippen LogP contribution in [-0.4, -0.2) is 22.8 Å². The van der Waals surface area contributed by atoms with E-state index in [1.807, 2.05) is 34.7 Å². The lowest BCUT2D eigenvalue weighted by Gasteiger charge is -2.17. The minimum absolute atomic E-state index is 0.0165. The van der Waals surface area contributed by atoms with E-state index in [0.29, 0.717) is 12.4 Å². The lowest BCUT2D eigenvalue weighted by Crippen LogP contribution is -2.34. The molecule has 0 atom stereocenters. The van der Waals surface area contributed by atoms with E-state index in [1.54, 1.807) is 11.8 Å². The zero-order valence-corrected chi connectivity index (χ0v) is 11.4. The predicted molar refractivity (Wildman–Crippen MR) is 65.8 cm³/mol. The average Bonchev–Trinajstić information content (AvgIpc) is 2.47. The molecule has 0 fully saturated rings. The summed E-state index contributed by atoms with van der Waals surface area (Å²) in [5, 5.41) is 7.16. The van der Waals surface area contributed by atoms with Crippen molar-refractivity contribution < 1.29 is 9.53 Å². The number of nitrogens with zero attached hydrogens (tertiary/aromatic N) is 2. The van der Waals surface area contributed by atoms with E-state index in [0.717, 1.165) is 11.3 Å². The van der Waals surface area contributed by atoms with Gasteiger partial charge in [0.15, 0.2) is 0 Å². The number of hydrogen-bond donors (Lipinski definition) is 1. The molecule has 0 unspecified atom stereocenters. The molecule has 0 radical (unpaired) electrons. The zero-order chi connectivity index (χ0) is 13.2. The van der Waals surface area contributed by atoms with Crippen molar-refractivity contribution in [1.82, 2.24) is 15.1 Å². The smallest absolute Gasteiger partial charge is 0.225 e. The summed E-state index contributed by atoms with van der Waals surface area (Å²) in [4.78, 5) is 11.8. The van der Waals surface area contributed by atoms with Gasteiger partial charge in [0.2, 0.25) is 11.8 Å². The van der Waals surface area contributed by atoms with Crippen molar-refractivity contribution in [2.75, 3.05) is 7.11 Å². The standard InChI is InChI=1S/C12H21N3O2/c1-8-9(10(17-6)15(5)14-8)7-13-11(16)12(2,3)4/h7H2,1-6H3,(H,13,16). The van der Waals surface area contributed by atoms with Crippen LogP contribution in [0.3, 0.4) is 0 Å². The second-order valence-corrected chi connectivity index (χ2v) is 5.13. The fraction of sp³-hybridized carbons (Fsp3) is 0.667. The molecule has 17 heavy (non-hydrogen) atoms. The molecule has 5 heteroatoms. The lowest BCUT2D eigenvalue weighted by atomic mass is 9.95. The Labute approximate surface area is 102 Å². The SMILES string of the molecule is COc1c(CNC(=O)C(C)(C)C)c(C)nn1C. The molecule has 0 spiro atoms.